The number of unbranched alkanes of at least 4 members (excludes halogenated alkanes) is 2. The average molecular weight is 419 g/mol. The molecule has 0 bridgehead atoms. The Labute approximate surface area is 174 Å². The number of aromatic hydroxyl groups is 1. The van der Waals surface area contributed by atoms with Gasteiger partial charge >= 0.3 is 11.8 Å². The van der Waals surface area contributed by atoms with E-state index in [0.717, 1.165) is 31.1 Å². The summed E-state index contributed by atoms with van der Waals surface area (Å²) >= 11 is 0. The van der Waals surface area contributed by atoms with Crippen molar-refractivity contribution in [3.8, 4) is 17.6 Å². The van der Waals surface area contributed by atoms with E-state index in [9.17, 15) is 30.1 Å². The molecule has 162 valence electrons. The molecule has 10 heteroatoms. The average Bonchev–Trinajstić information content (AvgIpc) is 2.72. The highest BCUT2D eigenvalue weighted by Gasteiger charge is 2.23. The Morgan fingerprint density at radius 2 is 1.93 bits per heavy atom. The number of carbonyl (C=O) groups excluding carboxylic acids is 2. The Hall–Kier alpha value is -3.61. The number of hydrogen-bond acceptors (Lipinski definition) is 8. The van der Waals surface area contributed by atoms with Crippen molar-refractivity contribution < 1.29 is 29.1 Å². The molecule has 0 spiro atoms. The lowest BCUT2D eigenvalue weighted by atomic mass is 10.1. The van der Waals surface area contributed by atoms with Crippen molar-refractivity contribution in [3.63, 3.8) is 0 Å². The van der Waals surface area contributed by atoms with Gasteiger partial charge in [0.05, 0.1) is 11.5 Å². The fourth-order valence-corrected chi connectivity index (χ4v) is 2.53. The summed E-state index contributed by atoms with van der Waals surface area (Å²) in [5.74, 6) is -1.92. The Bertz CT molecular complexity index is 855. The molecule has 30 heavy (non-hydrogen) atoms. The number of nitro groups is 1. The first-order valence-electron chi connectivity index (χ1n) is 9.55. The number of rotatable bonds is 10. The topological polar surface area (TPSA) is 143 Å². The Morgan fingerprint density at radius 3 is 2.47 bits per heavy atom. The number of phenols is 1. The second kappa shape index (κ2) is 12.1. The summed E-state index contributed by atoms with van der Waals surface area (Å²) < 4.78 is 9.77. The fourth-order valence-electron chi connectivity index (χ4n) is 2.53. The van der Waals surface area contributed by atoms with Crippen LogP contribution in [-0.4, -0.2) is 46.7 Å². The summed E-state index contributed by atoms with van der Waals surface area (Å²) in [4.78, 5) is 36.0. The Morgan fingerprint density at radius 1 is 1.27 bits per heavy atom. The van der Waals surface area contributed by atoms with Gasteiger partial charge in [0.2, 0.25) is 5.75 Å². The van der Waals surface area contributed by atoms with Crippen molar-refractivity contribution in [2.75, 3.05) is 19.7 Å². The van der Waals surface area contributed by atoms with Crippen molar-refractivity contribution in [1.29, 1.82) is 5.26 Å². The number of likely N-dealkylation sites (N-methyl/N-ethyl adjacent to an activating group) is 1. The van der Waals surface area contributed by atoms with Crippen LogP contribution in [0.5, 0.6) is 11.5 Å². The molecule has 0 radical (unpaired) electrons. The lowest BCUT2D eigenvalue weighted by Crippen LogP contribution is -2.31. The van der Waals surface area contributed by atoms with Gasteiger partial charge in [0, 0.05) is 19.2 Å². The van der Waals surface area contributed by atoms with Gasteiger partial charge in [-0.25, -0.2) is 4.79 Å². The van der Waals surface area contributed by atoms with Gasteiger partial charge in [0.15, 0.2) is 5.75 Å². The zero-order valence-electron chi connectivity index (χ0n) is 17.2. The number of benzene rings is 1. The maximum Gasteiger partial charge on any atom is 0.513 e. The second-order valence-electron chi connectivity index (χ2n) is 6.20. The number of nitro benzene ring substituents is 1. The zero-order valence-corrected chi connectivity index (χ0v) is 17.2. The quantitative estimate of drug-likeness (QED) is 0.115. The van der Waals surface area contributed by atoms with E-state index in [0.29, 0.717) is 19.5 Å². The highest BCUT2D eigenvalue weighted by Crippen LogP contribution is 2.38. The number of nitrogens with zero attached hydrogens (tertiary/aromatic N) is 3. The SMILES string of the molecule is CCCCCOC(=O)Oc1cc(C=C(C#N)C(=O)N(CC)CC)cc([N+](=O)[O-])c1O. The molecule has 0 aliphatic heterocycles. The predicted octanol–water partition coefficient (Wildman–Crippen LogP) is 3.78. The molecular formula is C20H25N3O7. The van der Waals surface area contributed by atoms with Gasteiger partial charge in [0.25, 0.3) is 5.91 Å². The van der Waals surface area contributed by atoms with Crippen LogP contribution in [0.1, 0.15) is 45.6 Å². The summed E-state index contributed by atoms with van der Waals surface area (Å²) in [7, 11) is 0. The number of phenolic OH excluding ortho intramolecular Hbond substituents is 1. The highest BCUT2D eigenvalue weighted by atomic mass is 16.7. The fraction of sp³-hybridized carbons (Fsp3) is 0.450. The number of nitriles is 1. The van der Waals surface area contributed by atoms with Gasteiger partial charge < -0.3 is 19.5 Å². The molecule has 0 aromatic heterocycles. The lowest BCUT2D eigenvalue weighted by molar-refractivity contribution is -0.385. The first kappa shape index (κ1) is 24.4. The molecule has 0 aliphatic carbocycles. The molecule has 0 atom stereocenters. The highest BCUT2D eigenvalue weighted by molar-refractivity contribution is 6.01. The molecule has 10 nitrogen and oxygen atoms in total. The molecule has 1 N–H and O–H groups in total. The molecule has 0 saturated heterocycles. The van der Waals surface area contributed by atoms with E-state index in [1.807, 2.05) is 6.92 Å². The molecule has 1 aromatic rings. The predicted molar refractivity (Wildman–Crippen MR) is 108 cm³/mol. The van der Waals surface area contributed by atoms with Crippen LogP contribution in [0.3, 0.4) is 0 Å². The van der Waals surface area contributed by atoms with Gasteiger partial charge in [0.1, 0.15) is 11.6 Å². The molecule has 0 heterocycles. The molecule has 0 saturated carbocycles. The summed E-state index contributed by atoms with van der Waals surface area (Å²) in [5, 5.41) is 30.7. The van der Waals surface area contributed by atoms with Gasteiger partial charge in [-0.1, -0.05) is 19.8 Å². The van der Waals surface area contributed by atoms with Crippen LogP contribution in [0.15, 0.2) is 17.7 Å². The van der Waals surface area contributed by atoms with E-state index in [1.54, 1.807) is 19.9 Å². The van der Waals surface area contributed by atoms with E-state index in [-0.39, 0.29) is 17.7 Å². The summed E-state index contributed by atoms with van der Waals surface area (Å²) in [6.45, 7) is 6.34. The third kappa shape index (κ3) is 6.77. The van der Waals surface area contributed by atoms with Crippen LogP contribution < -0.4 is 4.74 Å². The first-order chi connectivity index (χ1) is 14.3. The van der Waals surface area contributed by atoms with E-state index in [1.165, 1.54) is 4.90 Å². The lowest BCUT2D eigenvalue weighted by Gasteiger charge is -2.17. The zero-order chi connectivity index (χ0) is 22.7. The van der Waals surface area contributed by atoms with Crippen LogP contribution >= 0.6 is 0 Å². The third-order valence-electron chi connectivity index (χ3n) is 4.15. The molecular weight excluding hydrogens is 394 g/mol. The van der Waals surface area contributed by atoms with Crippen molar-refractivity contribution >= 4 is 23.8 Å². The Balaban J connectivity index is 3.24. The maximum atomic E-state index is 12.4. The smallest absolute Gasteiger partial charge is 0.499 e. The normalized spacial score (nSPS) is 10.8. The minimum Gasteiger partial charge on any atom is -0.499 e. The monoisotopic (exact) mass is 419 g/mol. The summed E-state index contributed by atoms with van der Waals surface area (Å²) in [6.07, 6.45) is 2.40. The molecule has 0 unspecified atom stereocenters. The van der Waals surface area contributed by atoms with Gasteiger partial charge in [-0.3, -0.25) is 14.9 Å². The van der Waals surface area contributed by atoms with E-state index >= 15 is 0 Å². The van der Waals surface area contributed by atoms with Crippen LogP contribution in [0.4, 0.5) is 10.5 Å². The number of amides is 1. The Kier molecular flexibility index (Phi) is 9.82. The first-order valence-corrected chi connectivity index (χ1v) is 9.55. The standard InChI is InChI=1S/C20H25N3O7/c1-4-7-8-9-29-20(26)30-17-12-14(11-16(18(17)24)23(27)28)10-15(13-21)19(25)22(5-2)6-3/h10-12,24H,4-9H2,1-3H3. The van der Waals surface area contributed by atoms with Crippen molar-refractivity contribution in [2.45, 2.75) is 40.0 Å². The van der Waals surface area contributed by atoms with E-state index in [4.69, 9.17) is 9.47 Å². The molecule has 0 fully saturated rings. The van der Waals surface area contributed by atoms with Crippen LogP contribution in [-0.2, 0) is 9.53 Å². The van der Waals surface area contributed by atoms with Crippen molar-refractivity contribution in [2.24, 2.45) is 0 Å². The minimum absolute atomic E-state index is 0.0327. The largest absolute Gasteiger partial charge is 0.513 e. The summed E-state index contributed by atoms with van der Waals surface area (Å²) in [5.41, 5.74) is -0.970. The number of hydrogen-bond donors (Lipinski definition) is 1. The van der Waals surface area contributed by atoms with Crippen LogP contribution in [0.25, 0.3) is 6.08 Å². The van der Waals surface area contributed by atoms with Crippen molar-refractivity contribution in [1.82, 2.24) is 4.90 Å². The van der Waals surface area contributed by atoms with Crippen LogP contribution in [0, 0.1) is 21.4 Å². The minimum atomic E-state index is -1.13. The summed E-state index contributed by atoms with van der Waals surface area (Å²) in [6, 6.07) is 3.86. The second-order valence-corrected chi connectivity index (χ2v) is 6.20. The maximum absolute atomic E-state index is 12.4. The molecule has 1 aromatic carbocycles. The molecule has 0 aliphatic rings. The molecule has 1 amide bonds. The van der Waals surface area contributed by atoms with Gasteiger partial charge in [-0.15, -0.1) is 0 Å². The van der Waals surface area contributed by atoms with E-state index < -0.39 is 34.2 Å². The number of carbonyl (C=O) groups is 2. The van der Waals surface area contributed by atoms with Crippen molar-refractivity contribution in [3.05, 3.63) is 33.4 Å². The van der Waals surface area contributed by atoms with Crippen LogP contribution in [0.2, 0.25) is 0 Å². The third-order valence-corrected chi connectivity index (χ3v) is 4.15. The molecule has 1 rings (SSSR count). The number of ether oxygens (including phenoxy) is 2. The van der Waals surface area contributed by atoms with Gasteiger partial charge in [-0.05, 0) is 38.0 Å². The van der Waals surface area contributed by atoms with Gasteiger partial charge in [-0.2, -0.15) is 5.26 Å². The van der Waals surface area contributed by atoms with E-state index in [2.05, 4.69) is 0 Å².